The highest BCUT2D eigenvalue weighted by Gasteiger charge is 2.04. The van der Waals surface area contributed by atoms with Gasteiger partial charge in [-0.25, -0.2) is 0 Å². The highest BCUT2D eigenvalue weighted by Crippen LogP contribution is 1.99. The van der Waals surface area contributed by atoms with E-state index in [0.29, 0.717) is 18.9 Å². The molecule has 4 nitrogen and oxygen atoms in total. The molecule has 0 atom stereocenters. The lowest BCUT2D eigenvalue weighted by Gasteiger charge is -2.02. The number of esters is 1. The average molecular weight is 205 g/mol. The first-order valence-electron chi connectivity index (χ1n) is 4.20. The maximum absolute atomic E-state index is 10.9. The van der Waals surface area contributed by atoms with Crippen LogP contribution in [0.15, 0.2) is 0 Å². The molecule has 0 fully saturated rings. The lowest BCUT2D eigenvalue weighted by atomic mass is 10.6. The number of carbonyl (C=O) groups excluding carboxylic acids is 2. The summed E-state index contributed by atoms with van der Waals surface area (Å²) in [5.41, 5.74) is 0. The second-order valence-corrected chi connectivity index (χ2v) is 3.24. The second-order valence-electron chi connectivity index (χ2n) is 2.25. The van der Waals surface area contributed by atoms with E-state index in [0.717, 1.165) is 0 Å². The van der Waals surface area contributed by atoms with E-state index in [-0.39, 0.29) is 17.6 Å². The smallest absolute Gasteiger partial charge is 0.315 e. The van der Waals surface area contributed by atoms with Crippen molar-refractivity contribution in [3.8, 4) is 0 Å². The first kappa shape index (κ1) is 12.3. The van der Waals surface area contributed by atoms with E-state index in [4.69, 9.17) is 4.74 Å². The third-order valence-electron chi connectivity index (χ3n) is 1.13. The van der Waals surface area contributed by atoms with E-state index < -0.39 is 0 Å². The molecule has 0 saturated carbocycles. The first-order valence-corrected chi connectivity index (χ1v) is 5.36. The Labute approximate surface area is 82.4 Å². The largest absolute Gasteiger partial charge is 0.465 e. The van der Waals surface area contributed by atoms with Crippen LogP contribution in [0.3, 0.4) is 0 Å². The van der Waals surface area contributed by atoms with E-state index in [1.807, 2.05) is 6.92 Å². The van der Waals surface area contributed by atoms with Crippen LogP contribution in [0.1, 0.15) is 13.8 Å². The number of ether oxygens (including phenoxy) is 1. The van der Waals surface area contributed by atoms with Crippen molar-refractivity contribution in [1.29, 1.82) is 0 Å². The number of carbonyl (C=O) groups is 2. The van der Waals surface area contributed by atoms with Crippen LogP contribution in [0.4, 0.5) is 0 Å². The summed E-state index contributed by atoms with van der Waals surface area (Å²) < 4.78 is 4.69. The van der Waals surface area contributed by atoms with Gasteiger partial charge in [-0.1, -0.05) is 0 Å². The van der Waals surface area contributed by atoms with Gasteiger partial charge >= 0.3 is 5.97 Å². The molecule has 13 heavy (non-hydrogen) atoms. The van der Waals surface area contributed by atoms with Crippen LogP contribution in [0.2, 0.25) is 0 Å². The van der Waals surface area contributed by atoms with Crippen molar-refractivity contribution in [3.63, 3.8) is 0 Å². The summed E-state index contributed by atoms with van der Waals surface area (Å²) in [4.78, 5) is 21.7. The zero-order valence-electron chi connectivity index (χ0n) is 7.96. The fourth-order valence-corrected chi connectivity index (χ4v) is 1.32. The van der Waals surface area contributed by atoms with Crippen molar-refractivity contribution in [1.82, 2.24) is 5.32 Å². The molecule has 0 aliphatic rings. The summed E-state index contributed by atoms with van der Waals surface area (Å²) in [5, 5.41) is 2.64. The Bertz CT molecular complexity index is 155. The number of rotatable bonds is 6. The summed E-state index contributed by atoms with van der Waals surface area (Å²) in [7, 11) is 0. The SMILES string of the molecule is CCNC(=O)CSCC(=O)OCC. The van der Waals surface area contributed by atoms with Gasteiger partial charge in [0.05, 0.1) is 18.1 Å². The molecule has 0 unspecified atom stereocenters. The van der Waals surface area contributed by atoms with Gasteiger partial charge in [-0.15, -0.1) is 11.8 Å². The molecule has 0 aromatic carbocycles. The van der Waals surface area contributed by atoms with Gasteiger partial charge in [-0.2, -0.15) is 0 Å². The van der Waals surface area contributed by atoms with Crippen molar-refractivity contribution < 1.29 is 14.3 Å². The molecule has 1 amide bonds. The van der Waals surface area contributed by atoms with Gasteiger partial charge in [0, 0.05) is 6.54 Å². The Kier molecular flexibility index (Phi) is 7.48. The minimum Gasteiger partial charge on any atom is -0.465 e. The number of hydrogen-bond donors (Lipinski definition) is 1. The number of nitrogens with one attached hydrogen (secondary N) is 1. The Morgan fingerprint density at radius 1 is 1.31 bits per heavy atom. The van der Waals surface area contributed by atoms with Gasteiger partial charge in [-0.05, 0) is 13.8 Å². The Morgan fingerprint density at radius 3 is 2.54 bits per heavy atom. The van der Waals surface area contributed by atoms with Gasteiger partial charge in [0.25, 0.3) is 0 Å². The zero-order chi connectivity index (χ0) is 10.1. The lowest BCUT2D eigenvalue weighted by Crippen LogP contribution is -2.25. The summed E-state index contributed by atoms with van der Waals surface area (Å²) >= 11 is 1.26. The first-order chi connectivity index (χ1) is 6.20. The standard InChI is InChI=1S/C8H15NO3S/c1-3-9-7(10)5-13-6-8(11)12-4-2/h3-6H2,1-2H3,(H,9,10). The van der Waals surface area contributed by atoms with Gasteiger partial charge in [-0.3, -0.25) is 9.59 Å². The van der Waals surface area contributed by atoms with Crippen LogP contribution in [0.25, 0.3) is 0 Å². The van der Waals surface area contributed by atoms with Crippen LogP contribution >= 0.6 is 11.8 Å². The van der Waals surface area contributed by atoms with Crippen molar-refractivity contribution in [3.05, 3.63) is 0 Å². The van der Waals surface area contributed by atoms with E-state index in [1.165, 1.54) is 11.8 Å². The predicted octanol–water partition coefficient (Wildman–Crippen LogP) is 0.419. The zero-order valence-corrected chi connectivity index (χ0v) is 8.78. The topological polar surface area (TPSA) is 55.4 Å². The molecule has 0 aliphatic heterocycles. The highest BCUT2D eigenvalue weighted by atomic mass is 32.2. The van der Waals surface area contributed by atoms with Gasteiger partial charge in [0.1, 0.15) is 0 Å². The van der Waals surface area contributed by atoms with Crippen molar-refractivity contribution in [2.24, 2.45) is 0 Å². The Balaban J connectivity index is 3.33. The molecule has 0 bridgehead atoms. The molecule has 0 saturated heterocycles. The highest BCUT2D eigenvalue weighted by molar-refractivity contribution is 8.00. The Hall–Kier alpha value is -0.710. The maximum Gasteiger partial charge on any atom is 0.315 e. The third kappa shape index (κ3) is 7.64. The van der Waals surface area contributed by atoms with Crippen molar-refractivity contribution in [2.45, 2.75) is 13.8 Å². The molecule has 0 aromatic rings. The molecule has 1 N–H and O–H groups in total. The van der Waals surface area contributed by atoms with Crippen LogP contribution < -0.4 is 5.32 Å². The van der Waals surface area contributed by atoms with Crippen LogP contribution in [0, 0.1) is 0 Å². The molecule has 0 radical (unpaired) electrons. The van der Waals surface area contributed by atoms with E-state index in [9.17, 15) is 9.59 Å². The van der Waals surface area contributed by atoms with Gasteiger partial charge < -0.3 is 10.1 Å². The van der Waals surface area contributed by atoms with Gasteiger partial charge in [0.15, 0.2) is 0 Å². The average Bonchev–Trinajstić information content (AvgIpc) is 2.05. The molecule has 5 heteroatoms. The summed E-state index contributed by atoms with van der Waals surface area (Å²) in [5.74, 6) is 0.242. The molecule has 76 valence electrons. The molecular formula is C8H15NO3S. The van der Waals surface area contributed by atoms with Crippen LogP contribution in [0.5, 0.6) is 0 Å². The van der Waals surface area contributed by atoms with Crippen molar-refractivity contribution in [2.75, 3.05) is 24.7 Å². The normalized spacial score (nSPS) is 9.38. The van der Waals surface area contributed by atoms with E-state index >= 15 is 0 Å². The van der Waals surface area contributed by atoms with Crippen molar-refractivity contribution >= 4 is 23.6 Å². The summed E-state index contributed by atoms with van der Waals surface area (Å²) in [6.07, 6.45) is 0. The maximum atomic E-state index is 10.9. The monoisotopic (exact) mass is 205 g/mol. The predicted molar refractivity (Wildman–Crippen MR) is 52.6 cm³/mol. The molecule has 0 rings (SSSR count). The molecule has 0 aromatic heterocycles. The summed E-state index contributed by atoms with van der Waals surface area (Å²) in [6.45, 7) is 4.62. The Morgan fingerprint density at radius 2 is 2.00 bits per heavy atom. The van der Waals surface area contributed by atoms with E-state index in [1.54, 1.807) is 6.92 Å². The number of thioether (sulfide) groups is 1. The number of amides is 1. The lowest BCUT2D eigenvalue weighted by molar-refractivity contribution is -0.139. The van der Waals surface area contributed by atoms with Gasteiger partial charge in [0.2, 0.25) is 5.91 Å². The summed E-state index contributed by atoms with van der Waals surface area (Å²) in [6, 6.07) is 0. The van der Waals surface area contributed by atoms with Crippen LogP contribution in [-0.2, 0) is 14.3 Å². The minimum absolute atomic E-state index is 0.0446. The fraction of sp³-hybridized carbons (Fsp3) is 0.750. The van der Waals surface area contributed by atoms with Crippen LogP contribution in [-0.4, -0.2) is 36.5 Å². The minimum atomic E-state index is -0.267. The fourth-order valence-electron chi connectivity index (χ4n) is 0.678. The molecule has 0 spiro atoms. The molecule has 0 heterocycles. The number of hydrogen-bond acceptors (Lipinski definition) is 4. The quantitative estimate of drug-likeness (QED) is 0.638. The molecular weight excluding hydrogens is 190 g/mol. The van der Waals surface area contributed by atoms with E-state index in [2.05, 4.69) is 5.32 Å². The second kappa shape index (κ2) is 7.91. The third-order valence-corrected chi connectivity index (χ3v) is 2.04. The molecule has 0 aliphatic carbocycles.